The minimum Gasteiger partial charge on any atom is -0.222 e. The molecule has 0 heterocycles. The molecule has 2 atom stereocenters. The first-order valence-corrected chi connectivity index (χ1v) is 7.60. The van der Waals surface area contributed by atoms with Crippen LogP contribution in [0.4, 0.5) is 0 Å². The third-order valence-electron chi connectivity index (χ3n) is 3.83. The van der Waals surface area contributed by atoms with Crippen molar-refractivity contribution in [2.45, 2.75) is 43.3 Å². The van der Waals surface area contributed by atoms with Gasteiger partial charge in [-0.1, -0.05) is 31.0 Å². The van der Waals surface area contributed by atoms with Crippen molar-refractivity contribution in [3.8, 4) is 6.07 Å². The molecule has 96 valence electrons. The van der Waals surface area contributed by atoms with Crippen LogP contribution in [0.1, 0.15) is 30.9 Å². The Morgan fingerprint density at radius 3 is 2.56 bits per heavy atom. The van der Waals surface area contributed by atoms with Gasteiger partial charge in [0.1, 0.15) is 0 Å². The van der Waals surface area contributed by atoms with Crippen molar-refractivity contribution in [1.82, 2.24) is 0 Å². The van der Waals surface area contributed by atoms with Gasteiger partial charge in [-0.25, -0.2) is 8.42 Å². The van der Waals surface area contributed by atoms with E-state index in [1.807, 2.05) is 26.0 Å². The highest BCUT2D eigenvalue weighted by Crippen LogP contribution is 2.54. The van der Waals surface area contributed by atoms with Crippen LogP contribution in [0.5, 0.6) is 0 Å². The summed E-state index contributed by atoms with van der Waals surface area (Å²) in [5, 5.41) is 9.27. The van der Waals surface area contributed by atoms with Crippen molar-refractivity contribution in [3.05, 3.63) is 29.3 Å². The molecule has 3 nitrogen and oxygen atoms in total. The third kappa shape index (κ3) is 1.65. The molecular formula is C14H17NO2S. The molecule has 2 rings (SSSR count). The Hall–Kier alpha value is -1.34. The van der Waals surface area contributed by atoms with Crippen LogP contribution in [0.2, 0.25) is 0 Å². The summed E-state index contributed by atoms with van der Waals surface area (Å²) in [5.41, 5.74) is 1.76. The Morgan fingerprint density at radius 1 is 1.44 bits per heavy atom. The van der Waals surface area contributed by atoms with Gasteiger partial charge in [0, 0.05) is 0 Å². The first kappa shape index (κ1) is 13.1. The summed E-state index contributed by atoms with van der Waals surface area (Å²) in [5.74, 6) is -0.0202. The predicted molar refractivity (Wildman–Crippen MR) is 69.8 cm³/mol. The molecule has 1 fully saturated rings. The molecule has 0 bridgehead atoms. The van der Waals surface area contributed by atoms with Crippen molar-refractivity contribution >= 4 is 9.84 Å². The highest BCUT2D eigenvalue weighted by atomic mass is 32.2. The number of sulfone groups is 1. The molecule has 0 saturated heterocycles. The maximum Gasteiger partial charge on any atom is 0.197 e. The van der Waals surface area contributed by atoms with Gasteiger partial charge >= 0.3 is 0 Å². The van der Waals surface area contributed by atoms with E-state index >= 15 is 0 Å². The lowest BCUT2D eigenvalue weighted by Gasteiger charge is -2.13. The van der Waals surface area contributed by atoms with Gasteiger partial charge in [-0.3, -0.25) is 0 Å². The first-order chi connectivity index (χ1) is 8.39. The van der Waals surface area contributed by atoms with Gasteiger partial charge in [-0.2, -0.15) is 5.26 Å². The standard InChI is InChI=1S/C14H17NO2S/c1-4-12-8-14(12,9-15)18(16,17)13-6-5-10(2)7-11(13)3/h5-7,12H,4,8H2,1-3H3. The normalized spacial score (nSPS) is 26.7. The average Bonchev–Trinajstić information content (AvgIpc) is 3.03. The number of hydrogen-bond acceptors (Lipinski definition) is 3. The Bertz CT molecular complexity index is 628. The van der Waals surface area contributed by atoms with Gasteiger partial charge in [0.2, 0.25) is 0 Å². The highest BCUT2D eigenvalue weighted by molar-refractivity contribution is 7.93. The minimum atomic E-state index is -3.55. The summed E-state index contributed by atoms with van der Waals surface area (Å²) in [6.45, 7) is 5.64. The van der Waals surface area contributed by atoms with E-state index in [2.05, 4.69) is 0 Å². The van der Waals surface area contributed by atoms with E-state index in [0.29, 0.717) is 11.3 Å². The molecule has 0 N–H and O–H groups in total. The Kier molecular flexibility index (Phi) is 2.98. The van der Waals surface area contributed by atoms with Crippen LogP contribution in [0.15, 0.2) is 23.1 Å². The van der Waals surface area contributed by atoms with E-state index in [4.69, 9.17) is 0 Å². The summed E-state index contributed by atoms with van der Waals surface area (Å²) in [7, 11) is -3.55. The molecule has 0 radical (unpaired) electrons. The Balaban J connectivity index is 2.54. The van der Waals surface area contributed by atoms with Gasteiger partial charge in [0.15, 0.2) is 14.6 Å². The van der Waals surface area contributed by atoms with Gasteiger partial charge in [0.25, 0.3) is 0 Å². The molecule has 18 heavy (non-hydrogen) atoms. The number of nitrogens with zero attached hydrogens (tertiary/aromatic N) is 1. The Morgan fingerprint density at radius 2 is 2.11 bits per heavy atom. The smallest absolute Gasteiger partial charge is 0.197 e. The number of aryl methyl sites for hydroxylation is 2. The van der Waals surface area contributed by atoms with Crippen molar-refractivity contribution in [1.29, 1.82) is 5.26 Å². The molecule has 1 saturated carbocycles. The molecule has 1 aromatic rings. The average molecular weight is 263 g/mol. The minimum absolute atomic E-state index is 0.0202. The van der Waals surface area contributed by atoms with Crippen LogP contribution < -0.4 is 0 Å². The molecule has 1 aliphatic rings. The van der Waals surface area contributed by atoms with Crippen molar-refractivity contribution in [2.75, 3.05) is 0 Å². The molecule has 1 aliphatic carbocycles. The van der Waals surface area contributed by atoms with Crippen LogP contribution in [-0.4, -0.2) is 13.2 Å². The highest BCUT2D eigenvalue weighted by Gasteiger charge is 2.64. The number of nitriles is 1. The Labute approximate surface area is 108 Å². The number of rotatable bonds is 3. The molecule has 0 aliphatic heterocycles. The number of benzene rings is 1. The lowest BCUT2D eigenvalue weighted by molar-refractivity contribution is 0.581. The molecule has 0 amide bonds. The molecular weight excluding hydrogens is 246 g/mol. The molecule has 1 aromatic carbocycles. The van der Waals surface area contributed by atoms with E-state index in [9.17, 15) is 13.7 Å². The van der Waals surface area contributed by atoms with Gasteiger partial charge in [0.05, 0.1) is 11.0 Å². The summed E-state index contributed by atoms with van der Waals surface area (Å²) in [4.78, 5) is 0.311. The molecule has 0 spiro atoms. The lowest BCUT2D eigenvalue weighted by atomic mass is 10.2. The fraction of sp³-hybridized carbons (Fsp3) is 0.500. The zero-order valence-corrected chi connectivity index (χ0v) is 11.7. The zero-order valence-electron chi connectivity index (χ0n) is 10.9. The van der Waals surface area contributed by atoms with Crippen LogP contribution in [0, 0.1) is 31.1 Å². The van der Waals surface area contributed by atoms with Crippen molar-refractivity contribution < 1.29 is 8.42 Å². The fourth-order valence-electron chi connectivity index (χ4n) is 2.60. The van der Waals surface area contributed by atoms with Crippen LogP contribution >= 0.6 is 0 Å². The third-order valence-corrected chi connectivity index (χ3v) is 6.42. The van der Waals surface area contributed by atoms with Crippen LogP contribution in [-0.2, 0) is 9.84 Å². The SMILES string of the molecule is CCC1CC1(C#N)S(=O)(=O)c1ccc(C)cc1C. The summed E-state index contributed by atoms with van der Waals surface area (Å²) < 4.78 is 24.1. The van der Waals surface area contributed by atoms with Crippen molar-refractivity contribution in [2.24, 2.45) is 5.92 Å². The monoisotopic (exact) mass is 263 g/mol. The second-order valence-corrected chi connectivity index (χ2v) is 7.26. The maximum absolute atomic E-state index is 12.6. The van der Waals surface area contributed by atoms with E-state index in [1.54, 1.807) is 19.1 Å². The van der Waals surface area contributed by atoms with Gasteiger partial charge < -0.3 is 0 Å². The quantitative estimate of drug-likeness (QED) is 0.842. The topological polar surface area (TPSA) is 57.9 Å². The predicted octanol–water partition coefficient (Wildman–Crippen LogP) is 2.77. The van der Waals surface area contributed by atoms with Gasteiger partial charge in [-0.05, 0) is 37.8 Å². The van der Waals surface area contributed by atoms with E-state index < -0.39 is 14.6 Å². The van der Waals surface area contributed by atoms with E-state index in [1.165, 1.54) is 0 Å². The van der Waals surface area contributed by atoms with Crippen LogP contribution in [0.3, 0.4) is 0 Å². The summed E-state index contributed by atoms with van der Waals surface area (Å²) in [6.07, 6.45) is 1.20. The molecule has 4 heteroatoms. The van der Waals surface area contributed by atoms with Crippen LogP contribution in [0.25, 0.3) is 0 Å². The maximum atomic E-state index is 12.6. The lowest BCUT2D eigenvalue weighted by Crippen LogP contribution is -2.24. The summed E-state index contributed by atoms with van der Waals surface area (Å²) in [6, 6.07) is 7.31. The zero-order chi connectivity index (χ0) is 13.6. The largest absolute Gasteiger partial charge is 0.222 e. The molecule has 2 unspecified atom stereocenters. The van der Waals surface area contributed by atoms with E-state index in [-0.39, 0.29) is 5.92 Å². The van der Waals surface area contributed by atoms with Crippen molar-refractivity contribution in [3.63, 3.8) is 0 Å². The number of hydrogen-bond donors (Lipinski definition) is 0. The summed E-state index contributed by atoms with van der Waals surface area (Å²) >= 11 is 0. The molecule has 0 aromatic heterocycles. The van der Waals surface area contributed by atoms with Gasteiger partial charge in [-0.15, -0.1) is 0 Å². The first-order valence-electron chi connectivity index (χ1n) is 6.12. The fourth-order valence-corrected chi connectivity index (χ4v) is 4.87. The second-order valence-electron chi connectivity index (χ2n) is 5.08. The second kappa shape index (κ2) is 4.10. The van der Waals surface area contributed by atoms with E-state index in [0.717, 1.165) is 17.5 Å².